The van der Waals surface area contributed by atoms with Gasteiger partial charge in [-0.3, -0.25) is 9.59 Å². The number of Topliss-reactive ketones (excluding diaryl/α,β-unsaturated/α-hetero) is 1. The molecule has 0 fully saturated rings. The Bertz CT molecular complexity index is 699. The Morgan fingerprint density at radius 2 is 1.77 bits per heavy atom. The van der Waals surface area contributed by atoms with Crippen LogP contribution in [0.2, 0.25) is 0 Å². The van der Waals surface area contributed by atoms with Crippen LogP contribution in [-0.4, -0.2) is 25.3 Å². The summed E-state index contributed by atoms with van der Waals surface area (Å²) in [5.74, 6) is -2.26. The molecule has 0 aliphatic carbocycles. The first kappa shape index (κ1) is 15.6. The minimum Gasteiger partial charge on any atom is -0.497 e. The topological polar surface area (TPSA) is 55.4 Å². The molecular weight excluding hydrogens is 292 g/mol. The van der Waals surface area contributed by atoms with Gasteiger partial charge in [-0.25, -0.2) is 8.78 Å². The minimum atomic E-state index is -0.977. The van der Waals surface area contributed by atoms with Gasteiger partial charge in [-0.15, -0.1) is 0 Å². The molecule has 2 rings (SSSR count). The number of ketones is 1. The van der Waals surface area contributed by atoms with Crippen molar-refractivity contribution in [2.24, 2.45) is 0 Å². The summed E-state index contributed by atoms with van der Waals surface area (Å²) in [7, 11) is 1.51. The molecule has 2 aromatic carbocycles. The summed E-state index contributed by atoms with van der Waals surface area (Å²) in [6, 6.07) is 8.97. The van der Waals surface area contributed by atoms with Gasteiger partial charge in [0.25, 0.3) is 5.91 Å². The monoisotopic (exact) mass is 305 g/mol. The van der Waals surface area contributed by atoms with Gasteiger partial charge in [-0.2, -0.15) is 0 Å². The molecule has 0 saturated carbocycles. The molecule has 0 spiro atoms. The van der Waals surface area contributed by atoms with Crippen LogP contribution in [0, 0.1) is 11.6 Å². The average Bonchev–Trinajstić information content (AvgIpc) is 2.52. The third-order valence-corrected chi connectivity index (χ3v) is 3.00. The van der Waals surface area contributed by atoms with Gasteiger partial charge in [-0.05, 0) is 36.4 Å². The molecule has 0 aliphatic rings. The number of benzene rings is 2. The molecule has 1 amide bonds. The van der Waals surface area contributed by atoms with Crippen LogP contribution in [0.25, 0.3) is 0 Å². The highest BCUT2D eigenvalue weighted by Gasteiger charge is 2.14. The third kappa shape index (κ3) is 3.66. The summed E-state index contributed by atoms with van der Waals surface area (Å²) in [6.07, 6.45) is 0. The molecule has 0 bridgehead atoms. The molecular formula is C16H13F2NO3. The molecule has 0 saturated heterocycles. The Morgan fingerprint density at radius 3 is 2.36 bits per heavy atom. The third-order valence-electron chi connectivity index (χ3n) is 3.00. The lowest BCUT2D eigenvalue weighted by atomic mass is 10.1. The van der Waals surface area contributed by atoms with Crippen LogP contribution in [0.3, 0.4) is 0 Å². The summed E-state index contributed by atoms with van der Waals surface area (Å²) in [5.41, 5.74) is 0.0737. The number of amides is 1. The molecule has 0 aliphatic heterocycles. The molecule has 0 heterocycles. The zero-order valence-electron chi connectivity index (χ0n) is 11.7. The van der Waals surface area contributed by atoms with E-state index in [9.17, 15) is 18.4 Å². The summed E-state index contributed by atoms with van der Waals surface area (Å²) in [5, 5.41) is 2.30. The zero-order valence-corrected chi connectivity index (χ0v) is 11.7. The number of halogens is 2. The highest BCUT2D eigenvalue weighted by atomic mass is 19.1. The van der Waals surface area contributed by atoms with Gasteiger partial charge in [0, 0.05) is 11.6 Å². The molecule has 1 N–H and O–H groups in total. The lowest BCUT2D eigenvalue weighted by Gasteiger charge is -2.06. The Labute approximate surface area is 125 Å². The number of nitrogens with one attached hydrogen (secondary N) is 1. The second kappa shape index (κ2) is 6.80. The zero-order chi connectivity index (χ0) is 16.1. The van der Waals surface area contributed by atoms with Crippen molar-refractivity contribution in [1.29, 1.82) is 0 Å². The van der Waals surface area contributed by atoms with Crippen molar-refractivity contribution in [3.63, 3.8) is 0 Å². The van der Waals surface area contributed by atoms with Gasteiger partial charge in [-0.1, -0.05) is 0 Å². The summed E-state index contributed by atoms with van der Waals surface area (Å²) < 4.78 is 31.2. The molecule has 0 unspecified atom stereocenters. The van der Waals surface area contributed by atoms with Crippen molar-refractivity contribution < 1.29 is 23.1 Å². The van der Waals surface area contributed by atoms with Gasteiger partial charge in [0.05, 0.1) is 19.2 Å². The first-order chi connectivity index (χ1) is 10.5. The highest BCUT2D eigenvalue weighted by Crippen LogP contribution is 2.12. The second-order valence-electron chi connectivity index (χ2n) is 4.46. The van der Waals surface area contributed by atoms with Crippen molar-refractivity contribution in [3.8, 4) is 5.75 Å². The Morgan fingerprint density at radius 1 is 1.09 bits per heavy atom. The number of hydrogen-bond acceptors (Lipinski definition) is 3. The number of hydrogen-bond donors (Lipinski definition) is 1. The van der Waals surface area contributed by atoms with Crippen molar-refractivity contribution in [3.05, 3.63) is 65.2 Å². The molecule has 0 aromatic heterocycles. The van der Waals surface area contributed by atoms with E-state index < -0.39 is 17.5 Å². The standard InChI is InChI=1S/C16H13F2NO3/c1-22-12-5-2-10(3-6-12)15(20)9-19-16(21)13-7-4-11(17)8-14(13)18/h2-8H,9H2,1H3,(H,19,21). The van der Waals surface area contributed by atoms with E-state index in [0.29, 0.717) is 17.4 Å². The first-order valence-electron chi connectivity index (χ1n) is 6.42. The maximum Gasteiger partial charge on any atom is 0.254 e. The van der Waals surface area contributed by atoms with Gasteiger partial charge in [0.1, 0.15) is 17.4 Å². The van der Waals surface area contributed by atoms with E-state index in [-0.39, 0.29) is 17.9 Å². The summed E-state index contributed by atoms with van der Waals surface area (Å²) in [6.45, 7) is -0.290. The molecule has 6 heteroatoms. The van der Waals surface area contributed by atoms with Crippen LogP contribution in [0.5, 0.6) is 5.75 Å². The number of carbonyl (C=O) groups is 2. The predicted octanol–water partition coefficient (Wildman–Crippen LogP) is 2.59. The van der Waals surface area contributed by atoms with E-state index in [0.717, 1.165) is 12.1 Å². The number of rotatable bonds is 5. The van der Waals surface area contributed by atoms with Gasteiger partial charge >= 0.3 is 0 Å². The van der Waals surface area contributed by atoms with Crippen LogP contribution in [0.1, 0.15) is 20.7 Å². The fourth-order valence-corrected chi connectivity index (χ4v) is 1.81. The lowest BCUT2D eigenvalue weighted by Crippen LogP contribution is -2.30. The van der Waals surface area contributed by atoms with Gasteiger partial charge in [0.2, 0.25) is 0 Å². The Balaban J connectivity index is 1.99. The van der Waals surface area contributed by atoms with Crippen LogP contribution in [-0.2, 0) is 0 Å². The quantitative estimate of drug-likeness (QED) is 0.864. The van der Waals surface area contributed by atoms with Crippen molar-refractivity contribution >= 4 is 11.7 Å². The fourth-order valence-electron chi connectivity index (χ4n) is 1.81. The maximum absolute atomic E-state index is 13.4. The van der Waals surface area contributed by atoms with E-state index in [1.807, 2.05) is 0 Å². The molecule has 0 atom stereocenters. The number of ether oxygens (including phenoxy) is 1. The SMILES string of the molecule is COc1ccc(C(=O)CNC(=O)c2ccc(F)cc2F)cc1. The lowest BCUT2D eigenvalue weighted by molar-refractivity contribution is 0.0901. The largest absolute Gasteiger partial charge is 0.497 e. The van der Waals surface area contributed by atoms with E-state index >= 15 is 0 Å². The van der Waals surface area contributed by atoms with Crippen LogP contribution < -0.4 is 10.1 Å². The second-order valence-corrected chi connectivity index (χ2v) is 4.46. The Hall–Kier alpha value is -2.76. The number of methoxy groups -OCH3 is 1. The van der Waals surface area contributed by atoms with E-state index in [4.69, 9.17) is 4.74 Å². The van der Waals surface area contributed by atoms with Crippen molar-refractivity contribution in [2.75, 3.05) is 13.7 Å². The van der Waals surface area contributed by atoms with Gasteiger partial charge < -0.3 is 10.1 Å². The average molecular weight is 305 g/mol. The summed E-state index contributed by atoms with van der Waals surface area (Å²) in [4.78, 5) is 23.7. The Kier molecular flexibility index (Phi) is 4.83. The van der Waals surface area contributed by atoms with Crippen LogP contribution in [0.15, 0.2) is 42.5 Å². The molecule has 114 valence electrons. The normalized spacial score (nSPS) is 10.1. The summed E-state index contributed by atoms with van der Waals surface area (Å²) >= 11 is 0. The highest BCUT2D eigenvalue weighted by molar-refractivity contribution is 6.02. The fraction of sp³-hybridized carbons (Fsp3) is 0.125. The minimum absolute atomic E-state index is 0.290. The van der Waals surface area contributed by atoms with E-state index in [2.05, 4.69) is 5.32 Å². The molecule has 0 radical (unpaired) electrons. The molecule has 22 heavy (non-hydrogen) atoms. The predicted molar refractivity (Wildman–Crippen MR) is 76.0 cm³/mol. The van der Waals surface area contributed by atoms with E-state index in [1.54, 1.807) is 24.3 Å². The smallest absolute Gasteiger partial charge is 0.254 e. The van der Waals surface area contributed by atoms with E-state index in [1.165, 1.54) is 7.11 Å². The van der Waals surface area contributed by atoms with Crippen molar-refractivity contribution in [2.45, 2.75) is 0 Å². The number of carbonyl (C=O) groups excluding carboxylic acids is 2. The van der Waals surface area contributed by atoms with Crippen molar-refractivity contribution in [1.82, 2.24) is 5.32 Å². The molecule has 2 aromatic rings. The van der Waals surface area contributed by atoms with Crippen LogP contribution in [0.4, 0.5) is 8.78 Å². The first-order valence-corrected chi connectivity index (χ1v) is 6.42. The maximum atomic E-state index is 13.4. The van der Waals surface area contributed by atoms with Crippen LogP contribution >= 0.6 is 0 Å². The van der Waals surface area contributed by atoms with Gasteiger partial charge in [0.15, 0.2) is 5.78 Å². The molecule has 4 nitrogen and oxygen atoms in total.